The smallest absolute Gasteiger partial charge is 0.275 e. The number of hydrogen-bond acceptors (Lipinski definition) is 6. The average molecular weight is 455 g/mol. The summed E-state index contributed by atoms with van der Waals surface area (Å²) in [5, 5.41) is 3.36. The van der Waals surface area contributed by atoms with Crippen molar-refractivity contribution in [3.8, 4) is 0 Å². The Bertz CT molecular complexity index is 1010. The Morgan fingerprint density at radius 2 is 2.24 bits per heavy atom. The summed E-state index contributed by atoms with van der Waals surface area (Å²) in [6, 6.07) is 6.25. The zero-order chi connectivity index (χ0) is 20.6. The number of aliphatic imine (C=N–C) groups is 1. The topological polar surface area (TPSA) is 89.6 Å². The molecule has 1 aromatic carbocycles. The van der Waals surface area contributed by atoms with Crippen molar-refractivity contribution in [1.82, 2.24) is 4.98 Å². The third-order valence-electron chi connectivity index (χ3n) is 5.10. The summed E-state index contributed by atoms with van der Waals surface area (Å²) >= 11 is 13.3. The van der Waals surface area contributed by atoms with Gasteiger partial charge in [0, 0.05) is 36.5 Å². The average Bonchev–Trinajstić information content (AvgIpc) is 2.69. The van der Waals surface area contributed by atoms with E-state index in [1.54, 1.807) is 12.1 Å². The molecule has 10 heteroatoms. The zero-order valence-electron chi connectivity index (χ0n) is 15.1. The fraction of sp³-hybridized carbons (Fsp3) is 0.316. The number of nitrogens with zero attached hydrogens (tertiary/aromatic N) is 2. The van der Waals surface area contributed by atoms with Crippen molar-refractivity contribution in [3.63, 3.8) is 0 Å². The predicted molar refractivity (Wildman–Crippen MR) is 113 cm³/mol. The molecule has 0 radical (unpaired) electrons. The van der Waals surface area contributed by atoms with Gasteiger partial charge in [-0.25, -0.2) is 9.37 Å². The second-order valence-corrected chi connectivity index (χ2v) is 8.70. The Morgan fingerprint density at radius 3 is 3.03 bits per heavy atom. The summed E-state index contributed by atoms with van der Waals surface area (Å²) in [7, 11) is 0. The Labute approximate surface area is 181 Å². The van der Waals surface area contributed by atoms with Crippen molar-refractivity contribution in [1.29, 1.82) is 0 Å². The Kier molecular flexibility index (Phi) is 5.70. The van der Waals surface area contributed by atoms with Gasteiger partial charge in [0.1, 0.15) is 5.69 Å². The summed E-state index contributed by atoms with van der Waals surface area (Å²) in [6.07, 6.45) is 1.82. The molecule has 6 nitrogen and oxygen atoms in total. The van der Waals surface area contributed by atoms with Gasteiger partial charge in [0.2, 0.25) is 0 Å². The van der Waals surface area contributed by atoms with Gasteiger partial charge in [-0.1, -0.05) is 47.1 Å². The number of rotatable bonds is 3. The molecule has 0 aliphatic carbocycles. The summed E-state index contributed by atoms with van der Waals surface area (Å²) in [4.78, 5) is 21.2. The number of nitrogens with two attached hydrogens (primary N) is 1. The van der Waals surface area contributed by atoms with E-state index in [1.807, 2.05) is 0 Å². The molecule has 1 amide bonds. The van der Waals surface area contributed by atoms with Crippen molar-refractivity contribution < 1.29 is 13.9 Å². The highest BCUT2D eigenvalue weighted by Gasteiger charge is 2.47. The zero-order valence-corrected chi connectivity index (χ0v) is 17.5. The van der Waals surface area contributed by atoms with E-state index in [-0.39, 0.29) is 22.3 Å². The molecular weight excluding hydrogens is 438 g/mol. The highest BCUT2D eigenvalue weighted by atomic mass is 35.5. The number of carbonyl (C=O) groups is 1. The Hall–Kier alpha value is -1.87. The van der Waals surface area contributed by atoms with Crippen LogP contribution in [0.25, 0.3) is 0 Å². The molecule has 3 N–H and O–H groups in total. The van der Waals surface area contributed by atoms with E-state index >= 15 is 4.39 Å². The normalized spacial score (nSPS) is 23.8. The molecule has 3 heterocycles. The van der Waals surface area contributed by atoms with Gasteiger partial charge in [0.15, 0.2) is 11.0 Å². The number of ether oxygens (including phenoxy) is 1. The molecule has 2 aliphatic heterocycles. The largest absolute Gasteiger partial charge is 0.381 e. The van der Waals surface area contributed by atoms with E-state index in [9.17, 15) is 4.79 Å². The number of amides is 1. The standard InChI is InChI=1S/C19H17Cl2FN4O2S/c20-11-6-13(21)16(24-7-11)17(27)25-14-3-1-2-12(15(14)22)19-4-5-28-8-10(19)9-29-18(23)26-19/h1-3,6-7,10H,4-5,8-9H2,(H2,23,26)(H,25,27)/t10-,19-/m0/s1. The summed E-state index contributed by atoms with van der Waals surface area (Å²) in [6.45, 7) is 0.933. The maximum absolute atomic E-state index is 15.5. The molecule has 0 bridgehead atoms. The molecule has 1 fully saturated rings. The number of benzene rings is 1. The van der Waals surface area contributed by atoms with Gasteiger partial charge in [-0.05, 0) is 12.1 Å². The van der Waals surface area contributed by atoms with Crippen molar-refractivity contribution in [2.24, 2.45) is 16.6 Å². The van der Waals surface area contributed by atoms with Crippen LogP contribution in [0.15, 0.2) is 35.5 Å². The molecule has 2 aliphatic rings. The van der Waals surface area contributed by atoms with Gasteiger partial charge in [0.25, 0.3) is 5.91 Å². The van der Waals surface area contributed by atoms with Crippen LogP contribution in [0.2, 0.25) is 10.0 Å². The molecule has 0 saturated carbocycles. The minimum absolute atomic E-state index is 0.0126. The van der Waals surface area contributed by atoms with Crippen molar-refractivity contribution in [2.75, 3.05) is 24.3 Å². The number of halogens is 3. The minimum atomic E-state index is -0.811. The number of carbonyl (C=O) groups excluding carboxylic acids is 1. The fourth-order valence-electron chi connectivity index (χ4n) is 3.68. The number of amidine groups is 1. The lowest BCUT2D eigenvalue weighted by molar-refractivity contribution is 0.00888. The quantitative estimate of drug-likeness (QED) is 0.729. The molecular formula is C19H17Cl2FN4O2S. The number of anilines is 1. The molecule has 2 atom stereocenters. The van der Waals surface area contributed by atoms with Crippen LogP contribution in [-0.4, -0.2) is 35.0 Å². The third-order valence-corrected chi connectivity index (χ3v) is 6.55. The van der Waals surface area contributed by atoms with E-state index < -0.39 is 17.3 Å². The maximum Gasteiger partial charge on any atom is 0.275 e. The molecule has 0 spiro atoms. The lowest BCUT2D eigenvalue weighted by Crippen LogP contribution is -2.47. The SMILES string of the molecule is NC1=N[C@@]2(c3cccc(NC(=O)c4ncc(Cl)cc4Cl)c3F)CCOC[C@H]2CS1. The van der Waals surface area contributed by atoms with Crippen LogP contribution in [0.4, 0.5) is 10.1 Å². The highest BCUT2D eigenvalue weighted by molar-refractivity contribution is 8.13. The lowest BCUT2D eigenvalue weighted by atomic mass is 9.75. The van der Waals surface area contributed by atoms with Crippen LogP contribution in [0, 0.1) is 11.7 Å². The van der Waals surface area contributed by atoms with Crippen LogP contribution >= 0.6 is 35.0 Å². The third kappa shape index (κ3) is 3.82. The molecule has 4 rings (SSSR count). The van der Waals surface area contributed by atoms with Gasteiger partial charge in [0.05, 0.1) is 27.9 Å². The Morgan fingerprint density at radius 1 is 1.41 bits per heavy atom. The van der Waals surface area contributed by atoms with Crippen LogP contribution in [0.1, 0.15) is 22.5 Å². The molecule has 1 aromatic heterocycles. The van der Waals surface area contributed by atoms with Crippen LogP contribution in [-0.2, 0) is 10.3 Å². The van der Waals surface area contributed by atoms with Gasteiger partial charge >= 0.3 is 0 Å². The summed E-state index contributed by atoms with van der Waals surface area (Å²) in [5.41, 5.74) is 5.54. The molecule has 1 saturated heterocycles. The lowest BCUT2D eigenvalue weighted by Gasteiger charge is -2.44. The molecule has 2 aromatic rings. The monoisotopic (exact) mass is 454 g/mol. The van der Waals surface area contributed by atoms with Crippen LogP contribution in [0.5, 0.6) is 0 Å². The first-order chi connectivity index (χ1) is 13.9. The molecule has 0 unspecified atom stereocenters. The second kappa shape index (κ2) is 8.10. The number of pyridine rings is 1. The van der Waals surface area contributed by atoms with E-state index in [2.05, 4.69) is 15.3 Å². The maximum atomic E-state index is 15.5. The molecule has 29 heavy (non-hydrogen) atoms. The van der Waals surface area contributed by atoms with Gasteiger partial charge in [-0.15, -0.1) is 0 Å². The number of aromatic nitrogens is 1. The van der Waals surface area contributed by atoms with Gasteiger partial charge in [-0.3, -0.25) is 9.79 Å². The van der Waals surface area contributed by atoms with E-state index in [4.69, 9.17) is 33.7 Å². The van der Waals surface area contributed by atoms with Gasteiger partial charge < -0.3 is 15.8 Å². The number of nitrogens with one attached hydrogen (secondary N) is 1. The summed E-state index contributed by atoms with van der Waals surface area (Å²) in [5.74, 6) is -0.510. The minimum Gasteiger partial charge on any atom is -0.381 e. The first-order valence-corrected chi connectivity index (χ1v) is 10.6. The second-order valence-electron chi connectivity index (χ2n) is 6.81. The molecule has 152 valence electrons. The van der Waals surface area contributed by atoms with E-state index in [0.29, 0.717) is 41.1 Å². The first-order valence-electron chi connectivity index (χ1n) is 8.88. The Balaban J connectivity index is 1.70. The fourth-order valence-corrected chi connectivity index (χ4v) is 5.12. The highest BCUT2D eigenvalue weighted by Crippen LogP contribution is 2.46. The van der Waals surface area contributed by atoms with Crippen molar-refractivity contribution >= 4 is 51.7 Å². The van der Waals surface area contributed by atoms with E-state index in [0.717, 1.165) is 0 Å². The van der Waals surface area contributed by atoms with Crippen LogP contribution in [0.3, 0.4) is 0 Å². The number of fused-ring (bicyclic) bond motifs is 1. The van der Waals surface area contributed by atoms with Crippen molar-refractivity contribution in [3.05, 3.63) is 57.6 Å². The van der Waals surface area contributed by atoms with Gasteiger partial charge in [-0.2, -0.15) is 0 Å². The van der Waals surface area contributed by atoms with E-state index in [1.165, 1.54) is 30.1 Å². The number of hydrogen-bond donors (Lipinski definition) is 2. The first kappa shape index (κ1) is 20.4. The number of thioether (sulfide) groups is 1. The van der Waals surface area contributed by atoms with Crippen LogP contribution < -0.4 is 11.1 Å². The predicted octanol–water partition coefficient (Wildman–Crippen LogP) is 4.07. The summed E-state index contributed by atoms with van der Waals surface area (Å²) < 4.78 is 21.1. The van der Waals surface area contributed by atoms with Crippen molar-refractivity contribution in [2.45, 2.75) is 12.0 Å².